The minimum atomic E-state index is 0.0881. The summed E-state index contributed by atoms with van der Waals surface area (Å²) in [4.78, 5) is 2.25. The highest BCUT2D eigenvalue weighted by Crippen LogP contribution is 2.25. The van der Waals surface area contributed by atoms with E-state index in [0.29, 0.717) is 0 Å². The highest BCUT2D eigenvalue weighted by atomic mass is 15.2. The average molecular weight is 196 g/mol. The Balaban J connectivity index is 4.85. The van der Waals surface area contributed by atoms with Gasteiger partial charge in [0.25, 0.3) is 0 Å². The molecular weight excluding hydrogens is 172 g/mol. The molecule has 0 saturated heterocycles. The molecule has 1 unspecified atom stereocenters. The van der Waals surface area contributed by atoms with Gasteiger partial charge in [0, 0.05) is 5.54 Å². The topological polar surface area (TPSA) is 15.3 Å². The molecule has 2 nitrogen and oxygen atoms in total. The molecule has 1 atom stereocenters. The molecule has 0 saturated carbocycles. The van der Waals surface area contributed by atoms with Crippen molar-refractivity contribution in [1.82, 2.24) is 10.2 Å². The van der Waals surface area contributed by atoms with Gasteiger partial charge >= 0.3 is 0 Å². The molecule has 1 N–H and O–H groups in total. The van der Waals surface area contributed by atoms with Crippen LogP contribution in [0.3, 0.4) is 0 Å². The number of likely N-dealkylation sites (N-methyl/N-ethyl adjacent to an activating group) is 2. The van der Waals surface area contributed by atoms with Gasteiger partial charge < -0.3 is 10.2 Å². The van der Waals surface area contributed by atoms with E-state index in [1.54, 1.807) is 0 Å². The Kier molecular flexibility index (Phi) is 5.83. The first kappa shape index (κ1) is 13.5. The third-order valence-electron chi connectivity index (χ3n) is 3.23. The van der Waals surface area contributed by atoms with Crippen molar-refractivity contribution < 1.29 is 0 Å². The number of terminal acetylenes is 1. The van der Waals surface area contributed by atoms with Gasteiger partial charge in [0.1, 0.15) is 0 Å². The van der Waals surface area contributed by atoms with Crippen LogP contribution in [-0.4, -0.2) is 37.1 Å². The lowest BCUT2D eigenvalue weighted by Crippen LogP contribution is -2.57. The monoisotopic (exact) mass is 196 g/mol. The number of nitrogens with one attached hydrogen (secondary N) is 1. The van der Waals surface area contributed by atoms with Gasteiger partial charge in [-0.25, -0.2) is 0 Å². The van der Waals surface area contributed by atoms with Crippen LogP contribution in [0.15, 0.2) is 0 Å². The molecule has 0 rings (SSSR count). The molecule has 0 amide bonds. The fraction of sp³-hybridized carbons (Fsp3) is 0.833. The van der Waals surface area contributed by atoms with Crippen LogP contribution in [0.1, 0.15) is 33.6 Å². The van der Waals surface area contributed by atoms with Crippen LogP contribution >= 0.6 is 0 Å². The van der Waals surface area contributed by atoms with Crippen LogP contribution in [0.2, 0.25) is 0 Å². The fourth-order valence-corrected chi connectivity index (χ4v) is 2.16. The summed E-state index contributed by atoms with van der Waals surface area (Å²) in [5.41, 5.74) is 0.0881. The van der Waals surface area contributed by atoms with Gasteiger partial charge in [0.15, 0.2) is 0 Å². The standard InChI is InChI=1S/C12H24N2/c1-7-11(13-10-4)12(8-2,9-3)14(5)6/h1,11,13H,8-10H2,2-6H3. The van der Waals surface area contributed by atoms with Gasteiger partial charge in [0.05, 0.1) is 6.04 Å². The first-order valence-corrected chi connectivity index (χ1v) is 5.45. The molecule has 2 heteroatoms. The maximum Gasteiger partial charge on any atom is 0.0872 e. The fourth-order valence-electron chi connectivity index (χ4n) is 2.16. The van der Waals surface area contributed by atoms with E-state index in [2.05, 4.69) is 51.0 Å². The zero-order valence-corrected chi connectivity index (χ0v) is 10.2. The zero-order chi connectivity index (χ0) is 11.2. The van der Waals surface area contributed by atoms with Gasteiger partial charge in [-0.15, -0.1) is 6.42 Å². The van der Waals surface area contributed by atoms with Crippen molar-refractivity contribution in [2.24, 2.45) is 0 Å². The van der Waals surface area contributed by atoms with Gasteiger partial charge in [-0.1, -0.05) is 26.7 Å². The van der Waals surface area contributed by atoms with Gasteiger partial charge in [0.2, 0.25) is 0 Å². The third-order valence-corrected chi connectivity index (χ3v) is 3.23. The molecule has 14 heavy (non-hydrogen) atoms. The van der Waals surface area contributed by atoms with E-state index >= 15 is 0 Å². The van der Waals surface area contributed by atoms with E-state index in [1.165, 1.54) is 0 Å². The van der Waals surface area contributed by atoms with E-state index < -0.39 is 0 Å². The van der Waals surface area contributed by atoms with Crippen LogP contribution in [0.4, 0.5) is 0 Å². The van der Waals surface area contributed by atoms with Crippen LogP contribution in [0.25, 0.3) is 0 Å². The normalized spacial score (nSPS) is 14.1. The second-order valence-electron chi connectivity index (χ2n) is 3.86. The predicted molar refractivity (Wildman–Crippen MR) is 63.3 cm³/mol. The Hall–Kier alpha value is -0.520. The minimum absolute atomic E-state index is 0.0881. The Labute approximate surface area is 89.1 Å². The van der Waals surface area contributed by atoms with Crippen LogP contribution < -0.4 is 5.32 Å². The number of hydrogen-bond acceptors (Lipinski definition) is 2. The summed E-state index contributed by atoms with van der Waals surface area (Å²) in [7, 11) is 4.21. The first-order chi connectivity index (χ1) is 6.58. The van der Waals surface area contributed by atoms with E-state index in [1.807, 2.05) is 0 Å². The summed E-state index contributed by atoms with van der Waals surface area (Å²) >= 11 is 0. The van der Waals surface area contributed by atoms with E-state index in [9.17, 15) is 0 Å². The summed E-state index contributed by atoms with van der Waals surface area (Å²) in [6, 6.07) is 0.137. The predicted octanol–water partition coefficient (Wildman–Crippen LogP) is 1.72. The average Bonchev–Trinajstić information content (AvgIpc) is 2.18. The van der Waals surface area contributed by atoms with Gasteiger partial charge in [-0.2, -0.15) is 0 Å². The second kappa shape index (κ2) is 6.06. The molecule has 0 aromatic heterocycles. The van der Waals surface area contributed by atoms with Crippen molar-refractivity contribution in [1.29, 1.82) is 0 Å². The first-order valence-electron chi connectivity index (χ1n) is 5.45. The SMILES string of the molecule is C#CC(NCC)C(CC)(CC)N(C)C. The Morgan fingerprint density at radius 1 is 1.29 bits per heavy atom. The Bertz CT molecular complexity index is 187. The number of rotatable bonds is 6. The van der Waals surface area contributed by atoms with Crippen LogP contribution in [0.5, 0.6) is 0 Å². The lowest BCUT2D eigenvalue weighted by atomic mass is 9.83. The molecule has 0 aliphatic rings. The maximum absolute atomic E-state index is 5.59. The van der Waals surface area contributed by atoms with Crippen LogP contribution in [0, 0.1) is 12.3 Å². The van der Waals surface area contributed by atoms with Gasteiger partial charge in [-0.3, -0.25) is 0 Å². The molecule has 0 radical (unpaired) electrons. The summed E-state index contributed by atoms with van der Waals surface area (Å²) in [6.45, 7) is 7.41. The van der Waals surface area contributed by atoms with Crippen molar-refractivity contribution in [3.63, 3.8) is 0 Å². The zero-order valence-electron chi connectivity index (χ0n) is 10.2. The highest BCUT2D eigenvalue weighted by Gasteiger charge is 2.36. The molecule has 0 spiro atoms. The van der Waals surface area contributed by atoms with Crippen molar-refractivity contribution in [2.75, 3.05) is 20.6 Å². The number of nitrogens with zero attached hydrogens (tertiary/aromatic N) is 1. The summed E-state index contributed by atoms with van der Waals surface area (Å²) in [5, 5.41) is 3.38. The molecule has 0 aromatic carbocycles. The Morgan fingerprint density at radius 2 is 1.79 bits per heavy atom. The second-order valence-corrected chi connectivity index (χ2v) is 3.86. The lowest BCUT2D eigenvalue weighted by Gasteiger charge is -2.43. The Morgan fingerprint density at radius 3 is 2.00 bits per heavy atom. The van der Waals surface area contributed by atoms with E-state index in [4.69, 9.17) is 6.42 Å². The van der Waals surface area contributed by atoms with E-state index in [0.717, 1.165) is 19.4 Å². The van der Waals surface area contributed by atoms with E-state index in [-0.39, 0.29) is 11.6 Å². The summed E-state index contributed by atoms with van der Waals surface area (Å²) < 4.78 is 0. The summed E-state index contributed by atoms with van der Waals surface area (Å²) in [5.74, 6) is 2.87. The molecule has 0 aromatic rings. The van der Waals surface area contributed by atoms with Crippen molar-refractivity contribution in [2.45, 2.75) is 45.2 Å². The maximum atomic E-state index is 5.59. The van der Waals surface area contributed by atoms with Gasteiger partial charge in [-0.05, 0) is 33.5 Å². The summed E-state index contributed by atoms with van der Waals surface area (Å²) in [6.07, 6.45) is 7.73. The molecule has 82 valence electrons. The van der Waals surface area contributed by atoms with Crippen LogP contribution in [-0.2, 0) is 0 Å². The smallest absolute Gasteiger partial charge is 0.0872 e. The highest BCUT2D eigenvalue weighted by molar-refractivity contribution is 5.12. The molecule has 0 aliphatic carbocycles. The largest absolute Gasteiger partial charge is 0.302 e. The number of hydrogen-bond donors (Lipinski definition) is 1. The van der Waals surface area contributed by atoms with Crippen molar-refractivity contribution in [3.05, 3.63) is 0 Å². The van der Waals surface area contributed by atoms with Crippen molar-refractivity contribution in [3.8, 4) is 12.3 Å². The molecular formula is C12H24N2. The molecule has 0 fully saturated rings. The quantitative estimate of drug-likeness (QED) is 0.651. The molecule has 0 heterocycles. The molecule has 0 bridgehead atoms. The molecule has 0 aliphatic heterocycles. The third kappa shape index (κ3) is 2.50. The lowest BCUT2D eigenvalue weighted by molar-refractivity contribution is 0.112. The minimum Gasteiger partial charge on any atom is -0.302 e. The van der Waals surface area contributed by atoms with Crippen molar-refractivity contribution >= 4 is 0 Å².